The Balaban J connectivity index is 1.98. The first-order valence-electron chi connectivity index (χ1n) is 7.74. The second kappa shape index (κ2) is 7.05. The number of aryl methyl sites for hydroxylation is 1. The van der Waals surface area contributed by atoms with Crippen LogP contribution in [0.2, 0.25) is 0 Å². The topological polar surface area (TPSA) is 40.5 Å². The van der Waals surface area contributed by atoms with E-state index in [1.54, 1.807) is 0 Å². The summed E-state index contributed by atoms with van der Waals surface area (Å²) in [7, 11) is 0. The van der Waals surface area contributed by atoms with Gasteiger partial charge in [-0.2, -0.15) is 0 Å². The predicted molar refractivity (Wildman–Crippen MR) is 82.5 cm³/mol. The molecule has 2 heteroatoms. The molecule has 110 valence electrons. The molecule has 1 fully saturated rings. The van der Waals surface area contributed by atoms with Crippen molar-refractivity contribution >= 4 is 0 Å². The van der Waals surface area contributed by atoms with Crippen LogP contribution in [0.3, 0.4) is 0 Å². The molecule has 0 saturated heterocycles. The molecule has 0 aromatic heterocycles. The molecule has 2 atom stereocenters. The third-order valence-corrected chi connectivity index (χ3v) is 4.62. The molecule has 2 rings (SSSR count). The monoisotopic (exact) mass is 274 g/mol. The summed E-state index contributed by atoms with van der Waals surface area (Å²) in [6, 6.07) is 10.1. The smallest absolute Gasteiger partial charge is 0.109 e. The van der Waals surface area contributed by atoms with Crippen LogP contribution in [0.25, 0.3) is 0 Å². The minimum atomic E-state index is -1.17. The standard InChI is InChI=1S/C18H26O2/c1-2-18(20,14-13-15-9-5-3-6-10-15)17(19)16-11-7-4-8-12-16/h2-3,5-6,9-10,16-17,19-20H,1,4,7-8,11-14H2/t17-,18-/m0/s1. The molecule has 1 aromatic carbocycles. The fourth-order valence-corrected chi connectivity index (χ4v) is 3.22. The van der Waals surface area contributed by atoms with Crippen molar-refractivity contribution < 1.29 is 10.2 Å². The van der Waals surface area contributed by atoms with Crippen LogP contribution in [-0.4, -0.2) is 21.9 Å². The normalized spacial score (nSPS) is 21.1. The molecule has 1 saturated carbocycles. The van der Waals surface area contributed by atoms with Crippen molar-refractivity contribution in [3.05, 3.63) is 48.6 Å². The maximum absolute atomic E-state index is 10.7. The SMILES string of the molecule is C=C[C@](O)(CCc1ccccc1)[C@@H](O)C1CCCCC1. The van der Waals surface area contributed by atoms with Crippen LogP contribution in [0.15, 0.2) is 43.0 Å². The van der Waals surface area contributed by atoms with Crippen LogP contribution < -0.4 is 0 Å². The van der Waals surface area contributed by atoms with Gasteiger partial charge in [0.25, 0.3) is 0 Å². The van der Waals surface area contributed by atoms with Gasteiger partial charge in [-0.3, -0.25) is 0 Å². The van der Waals surface area contributed by atoms with Crippen LogP contribution in [0.1, 0.15) is 44.1 Å². The molecular formula is C18H26O2. The Morgan fingerprint density at radius 3 is 2.45 bits per heavy atom. The van der Waals surface area contributed by atoms with E-state index >= 15 is 0 Å². The number of benzene rings is 1. The van der Waals surface area contributed by atoms with Crippen LogP contribution in [0.4, 0.5) is 0 Å². The zero-order valence-corrected chi connectivity index (χ0v) is 12.2. The Morgan fingerprint density at radius 2 is 1.85 bits per heavy atom. The number of aliphatic hydroxyl groups is 2. The number of aliphatic hydroxyl groups excluding tert-OH is 1. The summed E-state index contributed by atoms with van der Waals surface area (Å²) in [5.41, 5.74) is 0.0151. The molecule has 0 unspecified atom stereocenters. The summed E-state index contributed by atoms with van der Waals surface area (Å²) in [4.78, 5) is 0. The first kappa shape index (κ1) is 15.3. The van der Waals surface area contributed by atoms with Crippen molar-refractivity contribution in [3.63, 3.8) is 0 Å². The fraction of sp³-hybridized carbons (Fsp3) is 0.556. The van der Waals surface area contributed by atoms with E-state index in [1.165, 1.54) is 18.1 Å². The summed E-state index contributed by atoms with van der Waals surface area (Å²) in [5, 5.41) is 21.3. The summed E-state index contributed by atoms with van der Waals surface area (Å²) in [6.07, 6.45) is 7.73. The highest BCUT2D eigenvalue weighted by Crippen LogP contribution is 2.33. The minimum absolute atomic E-state index is 0.211. The highest BCUT2D eigenvalue weighted by Gasteiger charge is 2.37. The van der Waals surface area contributed by atoms with Crippen LogP contribution in [0, 0.1) is 5.92 Å². The molecular weight excluding hydrogens is 248 g/mol. The molecule has 2 nitrogen and oxygen atoms in total. The second-order valence-electron chi connectivity index (χ2n) is 6.02. The Labute approximate surface area is 122 Å². The lowest BCUT2D eigenvalue weighted by atomic mass is 9.76. The van der Waals surface area contributed by atoms with Crippen molar-refractivity contribution in [2.75, 3.05) is 0 Å². The van der Waals surface area contributed by atoms with Gasteiger partial charge in [-0.1, -0.05) is 55.7 Å². The lowest BCUT2D eigenvalue weighted by molar-refractivity contribution is -0.0800. The first-order chi connectivity index (χ1) is 9.65. The molecule has 1 aromatic rings. The molecule has 1 aliphatic rings. The third kappa shape index (κ3) is 3.71. The van der Waals surface area contributed by atoms with Crippen molar-refractivity contribution in [3.8, 4) is 0 Å². The fourth-order valence-electron chi connectivity index (χ4n) is 3.22. The maximum atomic E-state index is 10.7. The Morgan fingerprint density at radius 1 is 1.20 bits per heavy atom. The molecule has 2 N–H and O–H groups in total. The van der Waals surface area contributed by atoms with E-state index in [2.05, 4.69) is 18.7 Å². The van der Waals surface area contributed by atoms with Crippen LogP contribution in [-0.2, 0) is 6.42 Å². The van der Waals surface area contributed by atoms with Gasteiger partial charge in [0.2, 0.25) is 0 Å². The molecule has 0 aliphatic heterocycles. The van der Waals surface area contributed by atoms with E-state index in [9.17, 15) is 10.2 Å². The summed E-state index contributed by atoms with van der Waals surface area (Å²) < 4.78 is 0. The summed E-state index contributed by atoms with van der Waals surface area (Å²) >= 11 is 0. The van der Waals surface area contributed by atoms with Gasteiger partial charge in [-0.25, -0.2) is 0 Å². The van der Waals surface area contributed by atoms with Crippen molar-refractivity contribution in [1.29, 1.82) is 0 Å². The van der Waals surface area contributed by atoms with E-state index in [0.717, 1.165) is 32.1 Å². The van der Waals surface area contributed by atoms with E-state index in [-0.39, 0.29) is 5.92 Å². The van der Waals surface area contributed by atoms with Gasteiger partial charge in [0.15, 0.2) is 0 Å². The second-order valence-corrected chi connectivity index (χ2v) is 6.02. The first-order valence-corrected chi connectivity index (χ1v) is 7.74. The van der Waals surface area contributed by atoms with Crippen molar-refractivity contribution in [2.45, 2.75) is 56.7 Å². The van der Waals surface area contributed by atoms with E-state index in [1.807, 2.05) is 18.2 Å². The predicted octanol–water partition coefficient (Wildman–Crippen LogP) is 3.48. The van der Waals surface area contributed by atoms with E-state index in [0.29, 0.717) is 6.42 Å². The van der Waals surface area contributed by atoms with Gasteiger partial charge < -0.3 is 10.2 Å². The highest BCUT2D eigenvalue weighted by molar-refractivity contribution is 5.16. The lowest BCUT2D eigenvalue weighted by Crippen LogP contribution is -2.46. The number of hydrogen-bond acceptors (Lipinski definition) is 2. The van der Waals surface area contributed by atoms with Crippen molar-refractivity contribution in [1.82, 2.24) is 0 Å². The Hall–Kier alpha value is -1.12. The van der Waals surface area contributed by atoms with Gasteiger partial charge in [0, 0.05) is 0 Å². The molecule has 20 heavy (non-hydrogen) atoms. The Bertz CT molecular complexity index is 409. The van der Waals surface area contributed by atoms with Gasteiger partial charge in [-0.15, -0.1) is 6.58 Å². The van der Waals surface area contributed by atoms with Crippen molar-refractivity contribution in [2.24, 2.45) is 5.92 Å². The molecule has 0 radical (unpaired) electrons. The number of rotatable bonds is 6. The highest BCUT2D eigenvalue weighted by atomic mass is 16.3. The van der Waals surface area contributed by atoms with E-state index in [4.69, 9.17) is 0 Å². The maximum Gasteiger partial charge on any atom is 0.109 e. The molecule has 0 bridgehead atoms. The zero-order chi connectivity index (χ0) is 14.4. The molecule has 1 aliphatic carbocycles. The van der Waals surface area contributed by atoms with E-state index < -0.39 is 11.7 Å². The van der Waals surface area contributed by atoms with Gasteiger partial charge in [0.1, 0.15) is 5.60 Å². The molecule has 0 amide bonds. The number of hydrogen-bond donors (Lipinski definition) is 2. The van der Waals surface area contributed by atoms with Gasteiger partial charge in [-0.05, 0) is 37.2 Å². The van der Waals surface area contributed by atoms with Crippen LogP contribution in [0.5, 0.6) is 0 Å². The average Bonchev–Trinajstić information content (AvgIpc) is 2.53. The zero-order valence-electron chi connectivity index (χ0n) is 12.2. The quantitative estimate of drug-likeness (QED) is 0.780. The van der Waals surface area contributed by atoms with Gasteiger partial charge >= 0.3 is 0 Å². The summed E-state index contributed by atoms with van der Waals surface area (Å²) in [5.74, 6) is 0.211. The average molecular weight is 274 g/mol. The summed E-state index contributed by atoms with van der Waals surface area (Å²) in [6.45, 7) is 3.75. The molecule has 0 heterocycles. The minimum Gasteiger partial charge on any atom is -0.389 e. The lowest BCUT2D eigenvalue weighted by Gasteiger charge is -2.37. The largest absolute Gasteiger partial charge is 0.389 e. The van der Waals surface area contributed by atoms with Crippen LogP contribution >= 0.6 is 0 Å². The van der Waals surface area contributed by atoms with Gasteiger partial charge in [0.05, 0.1) is 6.10 Å². The third-order valence-electron chi connectivity index (χ3n) is 4.62. The molecule has 0 spiro atoms. The Kier molecular flexibility index (Phi) is 5.38.